The maximum Gasteiger partial charge on any atom is 0.0540 e. The molecule has 2 nitrogen and oxygen atoms in total. The van der Waals surface area contributed by atoms with Crippen LogP contribution in [0.3, 0.4) is 0 Å². The quantitative estimate of drug-likeness (QED) is 0.636. The molecule has 102 valence electrons. The second-order valence-electron chi connectivity index (χ2n) is 5.78. The average Bonchev–Trinajstić information content (AvgIpc) is 2.32. The largest absolute Gasteiger partial charge is 0.393 e. The maximum atomic E-state index is 9.92. The molecule has 0 unspecified atom stereocenters. The van der Waals surface area contributed by atoms with E-state index in [4.69, 9.17) is 0 Å². The fourth-order valence-corrected chi connectivity index (χ4v) is 2.81. The molecule has 1 aliphatic rings. The van der Waals surface area contributed by atoms with Crippen LogP contribution in [-0.2, 0) is 0 Å². The van der Waals surface area contributed by atoms with Gasteiger partial charge in [0.2, 0.25) is 0 Å². The Hall–Kier alpha value is -0.0800. The lowest BCUT2D eigenvalue weighted by Crippen LogP contribution is -2.40. The van der Waals surface area contributed by atoms with Gasteiger partial charge in [-0.3, -0.25) is 0 Å². The van der Waals surface area contributed by atoms with Crippen molar-refractivity contribution in [1.82, 2.24) is 5.32 Å². The van der Waals surface area contributed by atoms with Gasteiger partial charge < -0.3 is 10.4 Å². The fraction of sp³-hybridized carbons (Fsp3) is 1.00. The molecule has 0 aromatic rings. The molecule has 3 atom stereocenters. The maximum absolute atomic E-state index is 9.92. The smallest absolute Gasteiger partial charge is 0.0540 e. The zero-order valence-corrected chi connectivity index (χ0v) is 11.8. The lowest BCUT2D eigenvalue weighted by atomic mass is 9.94. The van der Waals surface area contributed by atoms with Crippen LogP contribution >= 0.6 is 0 Å². The van der Waals surface area contributed by atoms with Crippen LogP contribution in [0.4, 0.5) is 0 Å². The number of hydrogen-bond acceptors (Lipinski definition) is 2. The highest BCUT2D eigenvalue weighted by Gasteiger charge is 2.18. The molecule has 0 saturated carbocycles. The lowest BCUT2D eigenvalue weighted by molar-refractivity contribution is 0.140. The zero-order chi connectivity index (χ0) is 12.5. The van der Waals surface area contributed by atoms with Crippen molar-refractivity contribution in [2.24, 2.45) is 0 Å². The fourth-order valence-electron chi connectivity index (χ4n) is 2.81. The van der Waals surface area contributed by atoms with Gasteiger partial charge in [-0.15, -0.1) is 0 Å². The van der Waals surface area contributed by atoms with Gasteiger partial charge in [0, 0.05) is 12.1 Å². The van der Waals surface area contributed by atoms with Crippen molar-refractivity contribution in [3.8, 4) is 0 Å². The van der Waals surface area contributed by atoms with Crippen LogP contribution < -0.4 is 5.32 Å². The molecule has 1 fully saturated rings. The minimum absolute atomic E-state index is 0.0640. The topological polar surface area (TPSA) is 32.3 Å². The molecule has 0 aromatic heterocycles. The van der Waals surface area contributed by atoms with Crippen LogP contribution in [0.25, 0.3) is 0 Å². The van der Waals surface area contributed by atoms with E-state index in [1.807, 2.05) is 0 Å². The molecule has 17 heavy (non-hydrogen) atoms. The Morgan fingerprint density at radius 3 is 2.71 bits per heavy atom. The molecule has 0 radical (unpaired) electrons. The first-order valence-electron chi connectivity index (χ1n) is 7.66. The number of hydrogen-bond donors (Lipinski definition) is 2. The molecular formula is C15H31NO. The van der Waals surface area contributed by atoms with E-state index >= 15 is 0 Å². The molecule has 0 spiro atoms. The van der Waals surface area contributed by atoms with Gasteiger partial charge in [-0.1, -0.05) is 39.0 Å². The number of nitrogens with one attached hydrogen (secondary N) is 1. The van der Waals surface area contributed by atoms with Crippen molar-refractivity contribution in [3.05, 3.63) is 0 Å². The van der Waals surface area contributed by atoms with E-state index in [1.54, 1.807) is 0 Å². The third-order valence-corrected chi connectivity index (χ3v) is 3.95. The minimum atomic E-state index is -0.0640. The van der Waals surface area contributed by atoms with Crippen molar-refractivity contribution in [2.45, 2.75) is 96.2 Å². The third-order valence-electron chi connectivity index (χ3n) is 3.95. The highest BCUT2D eigenvalue weighted by Crippen LogP contribution is 2.18. The van der Waals surface area contributed by atoms with Gasteiger partial charge in [0.05, 0.1) is 6.10 Å². The van der Waals surface area contributed by atoms with E-state index < -0.39 is 0 Å². The summed E-state index contributed by atoms with van der Waals surface area (Å²) < 4.78 is 0. The van der Waals surface area contributed by atoms with Crippen molar-refractivity contribution in [1.29, 1.82) is 0 Å². The Bertz CT molecular complexity index is 184. The SMILES string of the molecule is CCCCCC[C@@H](O)CC[C@H]1CCC[C@H](C)N1. The molecule has 1 rings (SSSR count). The van der Waals surface area contributed by atoms with Gasteiger partial charge in [-0.25, -0.2) is 0 Å². The number of aliphatic hydroxyl groups is 1. The predicted molar refractivity (Wildman–Crippen MR) is 74.2 cm³/mol. The second-order valence-corrected chi connectivity index (χ2v) is 5.78. The summed E-state index contributed by atoms with van der Waals surface area (Å²) in [6.45, 7) is 4.50. The van der Waals surface area contributed by atoms with Crippen LogP contribution in [-0.4, -0.2) is 23.3 Å². The van der Waals surface area contributed by atoms with Crippen LogP contribution in [0.1, 0.15) is 78.1 Å². The van der Waals surface area contributed by atoms with Crippen molar-refractivity contribution >= 4 is 0 Å². The molecular weight excluding hydrogens is 210 g/mol. The number of aliphatic hydroxyl groups excluding tert-OH is 1. The monoisotopic (exact) mass is 241 g/mol. The molecule has 1 saturated heterocycles. The summed E-state index contributed by atoms with van der Waals surface area (Å²) in [5.41, 5.74) is 0. The number of piperidine rings is 1. The highest BCUT2D eigenvalue weighted by atomic mass is 16.3. The van der Waals surface area contributed by atoms with E-state index in [9.17, 15) is 5.11 Å². The van der Waals surface area contributed by atoms with Crippen molar-refractivity contribution in [3.63, 3.8) is 0 Å². The molecule has 0 aliphatic carbocycles. The molecule has 0 amide bonds. The predicted octanol–water partition coefficient (Wildman–Crippen LogP) is 3.63. The number of unbranched alkanes of at least 4 members (excludes halogenated alkanes) is 3. The molecule has 0 bridgehead atoms. The Morgan fingerprint density at radius 2 is 2.00 bits per heavy atom. The molecule has 2 N–H and O–H groups in total. The second kappa shape index (κ2) is 8.93. The highest BCUT2D eigenvalue weighted by molar-refractivity contribution is 4.78. The van der Waals surface area contributed by atoms with Gasteiger partial charge in [-0.05, 0) is 39.0 Å². The van der Waals surface area contributed by atoms with E-state index in [1.165, 1.54) is 44.9 Å². The first-order valence-corrected chi connectivity index (χ1v) is 7.66. The van der Waals surface area contributed by atoms with E-state index in [0.29, 0.717) is 12.1 Å². The first-order chi connectivity index (χ1) is 8.22. The summed E-state index contributed by atoms with van der Waals surface area (Å²) in [5.74, 6) is 0. The first kappa shape index (κ1) is 15.0. The average molecular weight is 241 g/mol. The van der Waals surface area contributed by atoms with Gasteiger partial charge >= 0.3 is 0 Å². The van der Waals surface area contributed by atoms with E-state index in [-0.39, 0.29) is 6.10 Å². The van der Waals surface area contributed by atoms with E-state index in [0.717, 1.165) is 19.3 Å². The third kappa shape index (κ3) is 7.05. The minimum Gasteiger partial charge on any atom is -0.393 e. The Morgan fingerprint density at radius 1 is 1.18 bits per heavy atom. The summed E-state index contributed by atoms with van der Waals surface area (Å²) in [4.78, 5) is 0. The lowest BCUT2D eigenvalue weighted by Gasteiger charge is -2.29. The summed E-state index contributed by atoms with van der Waals surface area (Å²) in [7, 11) is 0. The van der Waals surface area contributed by atoms with Crippen molar-refractivity contribution in [2.75, 3.05) is 0 Å². The molecule has 1 aliphatic heterocycles. The van der Waals surface area contributed by atoms with E-state index in [2.05, 4.69) is 19.2 Å². The Kier molecular flexibility index (Phi) is 7.87. The number of rotatable bonds is 8. The summed E-state index contributed by atoms with van der Waals surface area (Å²) in [6.07, 6.45) is 12.1. The molecule has 1 heterocycles. The summed E-state index contributed by atoms with van der Waals surface area (Å²) >= 11 is 0. The summed E-state index contributed by atoms with van der Waals surface area (Å²) in [6, 6.07) is 1.33. The van der Waals surface area contributed by atoms with Gasteiger partial charge in [0.15, 0.2) is 0 Å². The van der Waals surface area contributed by atoms with Gasteiger partial charge in [0.25, 0.3) is 0 Å². The normalized spacial score (nSPS) is 27.0. The van der Waals surface area contributed by atoms with Crippen LogP contribution in [0.2, 0.25) is 0 Å². The van der Waals surface area contributed by atoms with Crippen LogP contribution in [0.15, 0.2) is 0 Å². The standard InChI is InChI=1S/C15H31NO/c1-3-4-5-6-10-15(17)12-11-14-9-7-8-13(2)16-14/h13-17H,3-12H2,1-2H3/t13-,14+,15+/m0/s1. The summed E-state index contributed by atoms with van der Waals surface area (Å²) in [5, 5.41) is 13.6. The Balaban J connectivity index is 2.00. The molecule has 0 aromatic carbocycles. The van der Waals surface area contributed by atoms with Crippen LogP contribution in [0.5, 0.6) is 0 Å². The van der Waals surface area contributed by atoms with Crippen LogP contribution in [0, 0.1) is 0 Å². The van der Waals surface area contributed by atoms with Gasteiger partial charge in [0.1, 0.15) is 0 Å². The van der Waals surface area contributed by atoms with Crippen molar-refractivity contribution < 1.29 is 5.11 Å². The Labute approximate surface area is 107 Å². The zero-order valence-electron chi connectivity index (χ0n) is 11.8. The molecule has 2 heteroatoms. The van der Waals surface area contributed by atoms with Gasteiger partial charge in [-0.2, -0.15) is 0 Å².